The van der Waals surface area contributed by atoms with E-state index in [4.69, 9.17) is 0 Å². The molecule has 1 fully saturated rings. The van der Waals surface area contributed by atoms with Crippen molar-refractivity contribution >= 4 is 21.6 Å². The molecule has 0 bridgehead atoms. The summed E-state index contributed by atoms with van der Waals surface area (Å²) in [6.07, 6.45) is 1.23. The average Bonchev–Trinajstić information content (AvgIpc) is 2.48. The van der Waals surface area contributed by atoms with Crippen LogP contribution in [0.1, 0.15) is 39.7 Å². The van der Waals surface area contributed by atoms with Gasteiger partial charge in [0.05, 0.1) is 0 Å². The van der Waals surface area contributed by atoms with Crippen LogP contribution in [0, 0.1) is 18.8 Å². The first-order chi connectivity index (χ1) is 9.93. The van der Waals surface area contributed by atoms with E-state index in [1.165, 1.54) is 22.1 Å². The molecule has 1 N–H and O–H groups in total. The third-order valence-electron chi connectivity index (χ3n) is 4.96. The molecular weight excluding hydrogens is 324 g/mol. The zero-order valence-corrected chi connectivity index (χ0v) is 15.6. The maximum atomic E-state index is 3.78. The molecule has 0 spiro atoms. The summed E-state index contributed by atoms with van der Waals surface area (Å²) in [5, 5.41) is 3.78. The molecule has 3 atom stereocenters. The van der Waals surface area contributed by atoms with Crippen LogP contribution < -0.4 is 10.2 Å². The second kappa shape index (κ2) is 7.15. The first-order valence-electron chi connectivity index (χ1n) is 8.20. The highest BCUT2D eigenvalue weighted by atomic mass is 79.9. The second-order valence-electron chi connectivity index (χ2n) is 6.79. The molecule has 2 nitrogen and oxygen atoms in total. The van der Waals surface area contributed by atoms with E-state index in [2.05, 4.69) is 79.0 Å². The van der Waals surface area contributed by atoms with E-state index in [1.807, 2.05) is 0 Å². The quantitative estimate of drug-likeness (QED) is 0.851. The van der Waals surface area contributed by atoms with Gasteiger partial charge in [-0.15, -0.1) is 0 Å². The Hall–Kier alpha value is -0.540. The molecule has 1 aromatic carbocycles. The van der Waals surface area contributed by atoms with E-state index in [9.17, 15) is 0 Å². The van der Waals surface area contributed by atoms with Gasteiger partial charge in [-0.2, -0.15) is 0 Å². The fourth-order valence-corrected chi connectivity index (χ4v) is 3.57. The topological polar surface area (TPSA) is 15.3 Å². The Labute approximate surface area is 138 Å². The highest BCUT2D eigenvalue weighted by molar-refractivity contribution is 9.10. The third-order valence-corrected chi connectivity index (χ3v) is 5.46. The summed E-state index contributed by atoms with van der Waals surface area (Å²) in [6, 6.07) is 7.79. The van der Waals surface area contributed by atoms with Crippen molar-refractivity contribution in [1.82, 2.24) is 5.32 Å². The standard InChI is InChI=1S/C18H29BrN2/c1-6-13(4)16-11-21(18(10-20-16)12(2)3)17-9-15(19)8-7-14(17)5/h7-9,12-13,16,18,20H,6,10-11H2,1-5H3. The van der Waals surface area contributed by atoms with Crippen LogP contribution in [0.2, 0.25) is 0 Å². The van der Waals surface area contributed by atoms with Crippen molar-refractivity contribution in [3.63, 3.8) is 0 Å². The number of benzene rings is 1. The highest BCUT2D eigenvalue weighted by Crippen LogP contribution is 2.30. The van der Waals surface area contributed by atoms with Gasteiger partial charge in [0.25, 0.3) is 0 Å². The first-order valence-corrected chi connectivity index (χ1v) is 8.99. The van der Waals surface area contributed by atoms with Crippen LogP contribution in [0.4, 0.5) is 5.69 Å². The third kappa shape index (κ3) is 3.81. The summed E-state index contributed by atoms with van der Waals surface area (Å²) < 4.78 is 1.17. The number of rotatable bonds is 4. The lowest BCUT2D eigenvalue weighted by Crippen LogP contribution is -2.60. The number of anilines is 1. The molecule has 1 saturated heterocycles. The molecule has 0 radical (unpaired) electrons. The Morgan fingerprint density at radius 3 is 2.67 bits per heavy atom. The van der Waals surface area contributed by atoms with Gasteiger partial charge >= 0.3 is 0 Å². The molecule has 0 aromatic heterocycles. The van der Waals surface area contributed by atoms with Crippen molar-refractivity contribution in [1.29, 1.82) is 0 Å². The molecule has 1 aromatic rings. The SMILES string of the molecule is CCC(C)C1CN(c2cc(Br)ccc2C)C(C(C)C)CN1. The van der Waals surface area contributed by atoms with Gasteiger partial charge in [0.15, 0.2) is 0 Å². The summed E-state index contributed by atoms with van der Waals surface area (Å²) in [6.45, 7) is 13.7. The smallest absolute Gasteiger partial charge is 0.0438 e. The molecule has 0 amide bonds. The predicted molar refractivity (Wildman–Crippen MR) is 96.1 cm³/mol. The molecule has 0 saturated carbocycles. The van der Waals surface area contributed by atoms with Gasteiger partial charge in [0, 0.05) is 35.3 Å². The fourth-order valence-electron chi connectivity index (χ4n) is 3.22. The van der Waals surface area contributed by atoms with Gasteiger partial charge in [0.2, 0.25) is 0 Å². The molecule has 1 aliphatic heterocycles. The van der Waals surface area contributed by atoms with Crippen LogP contribution in [0.3, 0.4) is 0 Å². The van der Waals surface area contributed by atoms with Crippen molar-refractivity contribution < 1.29 is 0 Å². The number of hydrogen-bond donors (Lipinski definition) is 1. The Morgan fingerprint density at radius 1 is 1.33 bits per heavy atom. The maximum Gasteiger partial charge on any atom is 0.0438 e. The Kier molecular flexibility index (Phi) is 5.73. The molecule has 3 heteroatoms. The highest BCUT2D eigenvalue weighted by Gasteiger charge is 2.32. The number of piperazine rings is 1. The zero-order valence-electron chi connectivity index (χ0n) is 14.0. The Bertz CT molecular complexity index is 472. The van der Waals surface area contributed by atoms with Gasteiger partial charge in [-0.1, -0.05) is 56.1 Å². The second-order valence-corrected chi connectivity index (χ2v) is 7.71. The summed E-state index contributed by atoms with van der Waals surface area (Å²) >= 11 is 3.64. The van der Waals surface area contributed by atoms with Crippen LogP contribution in [-0.4, -0.2) is 25.2 Å². The minimum atomic E-state index is 0.568. The van der Waals surface area contributed by atoms with Crippen LogP contribution in [0.5, 0.6) is 0 Å². The number of nitrogens with one attached hydrogen (secondary N) is 1. The summed E-state index contributed by atoms with van der Waals surface area (Å²) in [4.78, 5) is 2.64. The largest absolute Gasteiger partial charge is 0.365 e. The van der Waals surface area contributed by atoms with Crippen LogP contribution in [0.25, 0.3) is 0 Å². The molecule has 1 aliphatic rings. The van der Waals surface area contributed by atoms with Gasteiger partial charge in [0.1, 0.15) is 0 Å². The van der Waals surface area contributed by atoms with Crippen molar-refractivity contribution in [2.24, 2.45) is 11.8 Å². The Balaban J connectivity index is 2.31. The van der Waals surface area contributed by atoms with Gasteiger partial charge in [-0.3, -0.25) is 0 Å². The molecule has 0 aliphatic carbocycles. The van der Waals surface area contributed by atoms with Gasteiger partial charge in [-0.05, 0) is 36.5 Å². The molecule has 21 heavy (non-hydrogen) atoms. The van der Waals surface area contributed by atoms with Crippen molar-refractivity contribution in [2.75, 3.05) is 18.0 Å². The fraction of sp³-hybridized carbons (Fsp3) is 0.667. The van der Waals surface area contributed by atoms with E-state index in [0.717, 1.165) is 13.1 Å². The normalized spacial score (nSPS) is 24.4. The lowest BCUT2D eigenvalue weighted by molar-refractivity contribution is 0.281. The number of nitrogens with zero attached hydrogens (tertiary/aromatic N) is 1. The molecular formula is C18H29BrN2. The Morgan fingerprint density at radius 2 is 2.05 bits per heavy atom. The van der Waals surface area contributed by atoms with Gasteiger partial charge in [-0.25, -0.2) is 0 Å². The first kappa shape index (κ1) is 16.8. The monoisotopic (exact) mass is 352 g/mol. The summed E-state index contributed by atoms with van der Waals surface area (Å²) in [5.74, 6) is 1.36. The lowest BCUT2D eigenvalue weighted by Gasteiger charge is -2.46. The summed E-state index contributed by atoms with van der Waals surface area (Å²) in [7, 11) is 0. The van der Waals surface area contributed by atoms with Crippen LogP contribution in [0.15, 0.2) is 22.7 Å². The number of aryl methyl sites for hydroxylation is 1. The molecule has 1 heterocycles. The van der Waals surface area contributed by atoms with E-state index < -0.39 is 0 Å². The van der Waals surface area contributed by atoms with E-state index in [0.29, 0.717) is 23.9 Å². The van der Waals surface area contributed by atoms with E-state index in [1.54, 1.807) is 0 Å². The van der Waals surface area contributed by atoms with Crippen LogP contribution >= 0.6 is 15.9 Å². The number of halogens is 1. The zero-order chi connectivity index (χ0) is 15.6. The molecule has 118 valence electrons. The molecule has 2 rings (SSSR count). The number of hydrogen-bond acceptors (Lipinski definition) is 2. The maximum absolute atomic E-state index is 3.78. The van der Waals surface area contributed by atoms with E-state index in [-0.39, 0.29) is 0 Å². The minimum absolute atomic E-state index is 0.568. The average molecular weight is 353 g/mol. The predicted octanol–water partition coefficient (Wildman–Crippen LogP) is 4.61. The van der Waals surface area contributed by atoms with Crippen LogP contribution in [-0.2, 0) is 0 Å². The van der Waals surface area contributed by atoms with Crippen molar-refractivity contribution in [2.45, 2.75) is 53.1 Å². The van der Waals surface area contributed by atoms with Crippen molar-refractivity contribution in [3.05, 3.63) is 28.2 Å². The lowest BCUT2D eigenvalue weighted by atomic mass is 9.91. The minimum Gasteiger partial charge on any atom is -0.365 e. The van der Waals surface area contributed by atoms with Crippen molar-refractivity contribution in [3.8, 4) is 0 Å². The summed E-state index contributed by atoms with van der Waals surface area (Å²) in [5.41, 5.74) is 2.76. The van der Waals surface area contributed by atoms with Gasteiger partial charge < -0.3 is 10.2 Å². The van der Waals surface area contributed by atoms with E-state index >= 15 is 0 Å². The molecule has 3 unspecified atom stereocenters.